The molecule has 0 radical (unpaired) electrons. The topological polar surface area (TPSA) is 87.9 Å². The van der Waals surface area contributed by atoms with Gasteiger partial charge in [-0.25, -0.2) is 4.79 Å². The molecule has 9 heteroatoms. The largest absolute Gasteiger partial charge is 0.493 e. The summed E-state index contributed by atoms with van der Waals surface area (Å²) in [5.74, 6) is -0.0440. The minimum atomic E-state index is -0.687. The van der Waals surface area contributed by atoms with E-state index in [9.17, 15) is 14.9 Å². The Labute approximate surface area is 158 Å². The summed E-state index contributed by atoms with van der Waals surface area (Å²) in [5.41, 5.74) is 0.514. The first kappa shape index (κ1) is 19.6. The fourth-order valence-corrected chi connectivity index (χ4v) is 2.23. The lowest BCUT2D eigenvalue weighted by Crippen LogP contribution is -2.18. The first-order chi connectivity index (χ1) is 12.4. The van der Waals surface area contributed by atoms with Crippen molar-refractivity contribution in [1.29, 1.82) is 0 Å². The summed E-state index contributed by atoms with van der Waals surface area (Å²) >= 11 is 11.8. The molecule has 2 aromatic rings. The zero-order valence-electron chi connectivity index (χ0n) is 13.5. The van der Waals surface area contributed by atoms with Crippen molar-refractivity contribution in [1.82, 2.24) is 0 Å². The molecule has 2 rings (SSSR count). The third-order valence-electron chi connectivity index (χ3n) is 3.04. The minimum absolute atomic E-state index is 0.150. The molecule has 0 aliphatic carbocycles. The third-order valence-corrected chi connectivity index (χ3v) is 3.59. The van der Waals surface area contributed by atoms with Crippen LogP contribution >= 0.6 is 23.2 Å². The molecule has 0 atom stereocenters. The lowest BCUT2D eigenvalue weighted by atomic mass is 10.2. The smallest absolute Gasteiger partial charge is 0.349 e. The molecule has 0 unspecified atom stereocenters. The summed E-state index contributed by atoms with van der Waals surface area (Å²) in [6, 6.07) is 9.12. The number of rotatable bonds is 7. The van der Waals surface area contributed by atoms with Gasteiger partial charge >= 0.3 is 5.97 Å². The van der Waals surface area contributed by atoms with Gasteiger partial charge in [0.25, 0.3) is 0 Å². The van der Waals surface area contributed by atoms with Gasteiger partial charge in [-0.3, -0.25) is 10.1 Å². The molecular formula is C17H13Cl2NO6. The molecule has 0 aliphatic rings. The molecule has 0 saturated heterocycles. The number of halogens is 2. The van der Waals surface area contributed by atoms with Gasteiger partial charge in [0.1, 0.15) is 5.75 Å². The Morgan fingerprint density at radius 2 is 1.92 bits per heavy atom. The molecule has 2 aromatic carbocycles. The number of esters is 1. The number of nitro groups is 1. The Balaban J connectivity index is 2.04. The standard InChI is InChI=1S/C17H13Cl2NO6/c1-24-16-8-11(6-7-20(22)23)2-5-14(16)26-17(21)10-25-15-9-12(18)3-4-13(15)19/h2-9H,10H2,1H3. The van der Waals surface area contributed by atoms with E-state index in [1.807, 2.05) is 0 Å². The molecule has 7 nitrogen and oxygen atoms in total. The number of methoxy groups -OCH3 is 1. The van der Waals surface area contributed by atoms with E-state index in [-0.39, 0.29) is 17.2 Å². The van der Waals surface area contributed by atoms with Crippen LogP contribution in [0.4, 0.5) is 0 Å². The van der Waals surface area contributed by atoms with Crippen molar-refractivity contribution >= 4 is 35.2 Å². The molecule has 0 bridgehead atoms. The van der Waals surface area contributed by atoms with Crippen LogP contribution in [0, 0.1) is 10.1 Å². The summed E-state index contributed by atoms with van der Waals surface area (Å²) in [7, 11) is 1.38. The van der Waals surface area contributed by atoms with Crippen molar-refractivity contribution in [3.8, 4) is 17.2 Å². The number of benzene rings is 2. The molecule has 0 amide bonds. The normalized spacial score (nSPS) is 10.6. The van der Waals surface area contributed by atoms with Gasteiger partial charge in [-0.1, -0.05) is 29.3 Å². The number of carbonyl (C=O) groups is 1. The summed E-state index contributed by atoms with van der Waals surface area (Å²) < 4.78 is 15.6. The van der Waals surface area contributed by atoms with Crippen LogP contribution in [0.15, 0.2) is 42.6 Å². The van der Waals surface area contributed by atoms with Crippen LogP contribution in [0.25, 0.3) is 6.08 Å². The fraction of sp³-hybridized carbons (Fsp3) is 0.118. The first-order valence-corrected chi connectivity index (χ1v) is 7.93. The van der Waals surface area contributed by atoms with E-state index in [4.69, 9.17) is 37.4 Å². The highest BCUT2D eigenvalue weighted by atomic mass is 35.5. The minimum Gasteiger partial charge on any atom is -0.493 e. The van der Waals surface area contributed by atoms with Gasteiger partial charge < -0.3 is 14.2 Å². The third kappa shape index (κ3) is 5.65. The van der Waals surface area contributed by atoms with Crippen LogP contribution in [0.3, 0.4) is 0 Å². The number of ether oxygens (including phenoxy) is 3. The monoisotopic (exact) mass is 397 g/mol. The summed E-state index contributed by atoms with van der Waals surface area (Å²) in [4.78, 5) is 21.7. The lowest BCUT2D eigenvalue weighted by molar-refractivity contribution is -0.400. The van der Waals surface area contributed by atoms with Gasteiger partial charge in [-0.15, -0.1) is 0 Å². The zero-order chi connectivity index (χ0) is 19.1. The predicted octanol–water partition coefficient (Wildman–Crippen LogP) is 4.23. The highest BCUT2D eigenvalue weighted by Gasteiger charge is 2.13. The number of carbonyl (C=O) groups excluding carboxylic acids is 1. The maximum atomic E-state index is 12.0. The molecule has 0 aromatic heterocycles. The van der Waals surface area contributed by atoms with Crippen molar-refractivity contribution in [2.24, 2.45) is 0 Å². The van der Waals surface area contributed by atoms with Crippen molar-refractivity contribution in [3.05, 3.63) is 68.3 Å². The molecule has 0 spiro atoms. The Kier molecular flexibility index (Phi) is 6.82. The molecule has 0 heterocycles. The van der Waals surface area contributed by atoms with Crippen LogP contribution in [-0.4, -0.2) is 24.6 Å². The van der Waals surface area contributed by atoms with Gasteiger partial charge in [-0.05, 0) is 29.8 Å². The molecule has 0 fully saturated rings. The second-order valence-electron chi connectivity index (χ2n) is 4.85. The summed E-state index contributed by atoms with van der Waals surface area (Å²) in [5, 5.41) is 11.1. The van der Waals surface area contributed by atoms with Crippen molar-refractivity contribution in [2.45, 2.75) is 0 Å². The van der Waals surface area contributed by atoms with Crippen molar-refractivity contribution in [3.63, 3.8) is 0 Å². The first-order valence-electron chi connectivity index (χ1n) is 7.17. The van der Waals surface area contributed by atoms with E-state index in [2.05, 4.69) is 0 Å². The van der Waals surface area contributed by atoms with E-state index < -0.39 is 17.5 Å². The Hall–Kier alpha value is -2.77. The Morgan fingerprint density at radius 1 is 1.15 bits per heavy atom. The van der Waals surface area contributed by atoms with Crippen LogP contribution in [0.2, 0.25) is 10.0 Å². The quantitative estimate of drug-likeness (QED) is 0.300. The van der Waals surface area contributed by atoms with Crippen LogP contribution in [-0.2, 0) is 4.79 Å². The SMILES string of the molecule is COc1cc(C=C[N+](=O)[O-])ccc1OC(=O)COc1cc(Cl)ccc1Cl. The van der Waals surface area contributed by atoms with Gasteiger partial charge in [-0.2, -0.15) is 0 Å². The van der Waals surface area contributed by atoms with Crippen LogP contribution in [0.5, 0.6) is 17.2 Å². The van der Waals surface area contributed by atoms with E-state index in [1.165, 1.54) is 31.4 Å². The maximum absolute atomic E-state index is 12.0. The van der Waals surface area contributed by atoms with E-state index in [1.54, 1.807) is 18.2 Å². The highest BCUT2D eigenvalue weighted by Crippen LogP contribution is 2.30. The van der Waals surface area contributed by atoms with Crippen molar-refractivity contribution < 1.29 is 23.9 Å². The zero-order valence-corrected chi connectivity index (χ0v) is 15.0. The van der Waals surface area contributed by atoms with Gasteiger partial charge in [0.15, 0.2) is 18.1 Å². The number of hydrogen-bond donors (Lipinski definition) is 0. The average molecular weight is 398 g/mol. The fourth-order valence-electron chi connectivity index (χ4n) is 1.90. The predicted molar refractivity (Wildman–Crippen MR) is 96.6 cm³/mol. The number of nitrogens with zero attached hydrogens (tertiary/aromatic N) is 1. The Morgan fingerprint density at radius 3 is 2.62 bits per heavy atom. The van der Waals surface area contributed by atoms with Crippen LogP contribution < -0.4 is 14.2 Å². The molecule has 0 aliphatic heterocycles. The lowest BCUT2D eigenvalue weighted by Gasteiger charge is -2.11. The molecule has 26 heavy (non-hydrogen) atoms. The van der Waals surface area contributed by atoms with Gasteiger partial charge in [0, 0.05) is 17.2 Å². The maximum Gasteiger partial charge on any atom is 0.349 e. The van der Waals surface area contributed by atoms with E-state index >= 15 is 0 Å². The molecule has 136 valence electrons. The van der Waals surface area contributed by atoms with Crippen molar-refractivity contribution in [2.75, 3.05) is 13.7 Å². The highest BCUT2D eigenvalue weighted by molar-refractivity contribution is 6.34. The van der Waals surface area contributed by atoms with E-state index in [0.29, 0.717) is 15.6 Å². The molecule has 0 saturated carbocycles. The second-order valence-corrected chi connectivity index (χ2v) is 5.69. The summed E-state index contributed by atoms with van der Waals surface area (Å²) in [6.07, 6.45) is 2.08. The van der Waals surface area contributed by atoms with Gasteiger partial charge in [0.2, 0.25) is 6.20 Å². The molecule has 0 N–H and O–H groups in total. The average Bonchev–Trinajstić information content (AvgIpc) is 2.61. The number of hydrogen-bond acceptors (Lipinski definition) is 6. The summed E-state index contributed by atoms with van der Waals surface area (Å²) in [6.45, 7) is -0.397. The Bertz CT molecular complexity index is 853. The molecular weight excluding hydrogens is 385 g/mol. The second kappa shape index (κ2) is 9.07. The van der Waals surface area contributed by atoms with Crippen LogP contribution in [0.1, 0.15) is 5.56 Å². The van der Waals surface area contributed by atoms with Gasteiger partial charge in [0.05, 0.1) is 17.1 Å². The van der Waals surface area contributed by atoms with E-state index in [0.717, 1.165) is 6.20 Å².